The van der Waals surface area contributed by atoms with Gasteiger partial charge in [-0.3, -0.25) is 0 Å². The standard InChI is InChI=1S/C14H23/c1-4-7-12-10-11-13(8-5-2)14(12)9-6-3/h10-11H,4-9H2,1-3H3/q-1. The van der Waals surface area contributed by atoms with Gasteiger partial charge in [0.1, 0.15) is 0 Å². The summed E-state index contributed by atoms with van der Waals surface area (Å²) in [5.74, 6) is 0. The Morgan fingerprint density at radius 2 is 1.71 bits per heavy atom. The zero-order valence-electron chi connectivity index (χ0n) is 9.90. The molecule has 0 saturated carbocycles. The van der Waals surface area contributed by atoms with Crippen LogP contribution in [0.1, 0.15) is 56.7 Å². The van der Waals surface area contributed by atoms with Gasteiger partial charge in [0.2, 0.25) is 0 Å². The van der Waals surface area contributed by atoms with Crippen LogP contribution in [0.15, 0.2) is 12.1 Å². The second-order valence-corrected chi connectivity index (χ2v) is 4.11. The van der Waals surface area contributed by atoms with Gasteiger partial charge in [0.15, 0.2) is 0 Å². The third-order valence-electron chi connectivity index (χ3n) is 2.80. The molecule has 0 atom stereocenters. The highest BCUT2D eigenvalue weighted by Gasteiger charge is 1.98. The SMILES string of the molecule is CCCc1cc[c-](CCC)c1CCC. The van der Waals surface area contributed by atoms with E-state index in [4.69, 9.17) is 0 Å². The van der Waals surface area contributed by atoms with Crippen molar-refractivity contribution >= 4 is 0 Å². The van der Waals surface area contributed by atoms with Gasteiger partial charge in [-0.25, -0.2) is 6.07 Å². The lowest BCUT2D eigenvalue weighted by atomic mass is 10.00. The average Bonchev–Trinajstić information content (AvgIpc) is 2.52. The van der Waals surface area contributed by atoms with E-state index in [1.807, 2.05) is 0 Å². The molecule has 0 aliphatic carbocycles. The highest BCUT2D eigenvalue weighted by molar-refractivity contribution is 5.38. The molecule has 0 nitrogen and oxygen atoms in total. The minimum absolute atomic E-state index is 1.26. The fourth-order valence-electron chi connectivity index (χ4n) is 2.19. The molecular formula is C14H23-. The first kappa shape index (κ1) is 11.4. The maximum Gasteiger partial charge on any atom is -0.0512 e. The van der Waals surface area contributed by atoms with Crippen molar-refractivity contribution in [1.29, 1.82) is 0 Å². The maximum absolute atomic E-state index is 2.35. The van der Waals surface area contributed by atoms with E-state index in [2.05, 4.69) is 32.9 Å². The summed E-state index contributed by atoms with van der Waals surface area (Å²) in [5, 5.41) is 0. The number of hydrogen-bond acceptors (Lipinski definition) is 0. The molecule has 0 amide bonds. The van der Waals surface area contributed by atoms with Crippen molar-refractivity contribution in [2.24, 2.45) is 0 Å². The number of rotatable bonds is 6. The van der Waals surface area contributed by atoms with Crippen molar-refractivity contribution in [3.63, 3.8) is 0 Å². The Kier molecular flexibility index (Phi) is 4.86. The Morgan fingerprint density at radius 1 is 1.00 bits per heavy atom. The minimum Gasteiger partial charge on any atom is -0.210 e. The summed E-state index contributed by atoms with van der Waals surface area (Å²) < 4.78 is 0. The Bertz CT molecular complexity index is 232. The van der Waals surface area contributed by atoms with Crippen LogP contribution in [0.3, 0.4) is 0 Å². The smallest absolute Gasteiger partial charge is 0.0512 e. The quantitative estimate of drug-likeness (QED) is 0.589. The second kappa shape index (κ2) is 5.95. The van der Waals surface area contributed by atoms with Gasteiger partial charge in [0.25, 0.3) is 0 Å². The lowest BCUT2D eigenvalue weighted by Gasteiger charge is -2.14. The monoisotopic (exact) mass is 191 g/mol. The van der Waals surface area contributed by atoms with Crippen LogP contribution in [0.4, 0.5) is 0 Å². The van der Waals surface area contributed by atoms with Crippen molar-refractivity contribution in [3.8, 4) is 0 Å². The van der Waals surface area contributed by atoms with Crippen molar-refractivity contribution < 1.29 is 0 Å². The van der Waals surface area contributed by atoms with Crippen LogP contribution in [0.2, 0.25) is 0 Å². The van der Waals surface area contributed by atoms with E-state index in [0.717, 1.165) is 0 Å². The molecular weight excluding hydrogens is 168 g/mol. The van der Waals surface area contributed by atoms with Crippen molar-refractivity contribution in [1.82, 2.24) is 0 Å². The Morgan fingerprint density at radius 3 is 2.29 bits per heavy atom. The third-order valence-corrected chi connectivity index (χ3v) is 2.80. The third kappa shape index (κ3) is 2.67. The van der Waals surface area contributed by atoms with E-state index in [1.165, 1.54) is 38.5 Å². The lowest BCUT2D eigenvalue weighted by Crippen LogP contribution is -1.93. The Labute approximate surface area is 88.7 Å². The van der Waals surface area contributed by atoms with Crippen LogP contribution in [0, 0.1) is 0 Å². The van der Waals surface area contributed by atoms with Crippen LogP contribution < -0.4 is 0 Å². The van der Waals surface area contributed by atoms with E-state index in [0.29, 0.717) is 0 Å². The van der Waals surface area contributed by atoms with Gasteiger partial charge in [-0.15, -0.1) is 0 Å². The van der Waals surface area contributed by atoms with Crippen LogP contribution in [0.25, 0.3) is 0 Å². The highest BCUT2D eigenvalue weighted by Crippen LogP contribution is 2.22. The molecule has 0 heterocycles. The molecule has 0 radical (unpaired) electrons. The minimum atomic E-state index is 1.26. The highest BCUT2D eigenvalue weighted by atomic mass is 14.1. The largest absolute Gasteiger partial charge is 0.210 e. The van der Waals surface area contributed by atoms with Gasteiger partial charge in [-0.1, -0.05) is 59.3 Å². The van der Waals surface area contributed by atoms with E-state index < -0.39 is 0 Å². The van der Waals surface area contributed by atoms with Crippen molar-refractivity contribution in [2.45, 2.75) is 59.3 Å². The fraction of sp³-hybridized carbons (Fsp3) is 0.643. The first-order valence-corrected chi connectivity index (χ1v) is 6.09. The lowest BCUT2D eigenvalue weighted by molar-refractivity contribution is 0.840. The van der Waals surface area contributed by atoms with E-state index >= 15 is 0 Å². The van der Waals surface area contributed by atoms with Gasteiger partial charge in [0.05, 0.1) is 0 Å². The molecule has 0 bridgehead atoms. The molecule has 14 heavy (non-hydrogen) atoms. The predicted molar refractivity (Wildman–Crippen MR) is 64.0 cm³/mol. The summed E-state index contributed by atoms with van der Waals surface area (Å²) in [6.07, 6.45) is 7.62. The van der Waals surface area contributed by atoms with Gasteiger partial charge >= 0.3 is 0 Å². The van der Waals surface area contributed by atoms with E-state index in [-0.39, 0.29) is 0 Å². The van der Waals surface area contributed by atoms with Crippen LogP contribution >= 0.6 is 0 Å². The summed E-state index contributed by atoms with van der Waals surface area (Å²) >= 11 is 0. The zero-order chi connectivity index (χ0) is 10.4. The topological polar surface area (TPSA) is 0 Å². The first-order chi connectivity index (χ1) is 6.83. The maximum atomic E-state index is 2.35. The Hall–Kier alpha value is -0.650. The summed E-state index contributed by atoms with van der Waals surface area (Å²) in [6.45, 7) is 6.81. The number of aryl methyl sites for hydroxylation is 2. The average molecular weight is 191 g/mol. The molecule has 0 fully saturated rings. The molecule has 0 aliphatic rings. The van der Waals surface area contributed by atoms with Crippen molar-refractivity contribution in [2.75, 3.05) is 0 Å². The van der Waals surface area contributed by atoms with Crippen LogP contribution in [-0.2, 0) is 19.3 Å². The van der Waals surface area contributed by atoms with Crippen LogP contribution in [-0.4, -0.2) is 0 Å². The zero-order valence-corrected chi connectivity index (χ0v) is 9.90. The van der Waals surface area contributed by atoms with Gasteiger partial charge < -0.3 is 0 Å². The summed E-state index contributed by atoms with van der Waals surface area (Å²) in [5.41, 5.74) is 4.88. The van der Waals surface area contributed by atoms with E-state index in [9.17, 15) is 0 Å². The number of hydrogen-bond donors (Lipinski definition) is 0. The normalized spacial score (nSPS) is 10.8. The Balaban J connectivity index is 2.82. The first-order valence-electron chi connectivity index (χ1n) is 6.09. The molecule has 0 aliphatic heterocycles. The second-order valence-electron chi connectivity index (χ2n) is 4.11. The molecule has 0 heteroatoms. The van der Waals surface area contributed by atoms with Crippen LogP contribution in [0.5, 0.6) is 0 Å². The predicted octanol–water partition coefficient (Wildman–Crippen LogP) is 4.26. The van der Waals surface area contributed by atoms with E-state index in [1.54, 1.807) is 16.7 Å². The molecule has 0 N–H and O–H groups in total. The molecule has 0 aromatic heterocycles. The summed E-state index contributed by atoms with van der Waals surface area (Å²) in [6, 6.07) is 4.69. The van der Waals surface area contributed by atoms with Gasteiger partial charge in [0, 0.05) is 0 Å². The summed E-state index contributed by atoms with van der Waals surface area (Å²) in [7, 11) is 0. The molecule has 0 saturated heterocycles. The molecule has 1 aromatic rings. The summed E-state index contributed by atoms with van der Waals surface area (Å²) in [4.78, 5) is 0. The van der Waals surface area contributed by atoms with Crippen molar-refractivity contribution in [3.05, 3.63) is 28.8 Å². The van der Waals surface area contributed by atoms with Gasteiger partial charge in [-0.2, -0.15) is 22.8 Å². The molecule has 1 rings (SSSR count). The fourth-order valence-corrected chi connectivity index (χ4v) is 2.19. The molecule has 0 unspecified atom stereocenters. The molecule has 1 aromatic carbocycles. The molecule has 80 valence electrons. The van der Waals surface area contributed by atoms with Gasteiger partial charge in [-0.05, 0) is 0 Å². The molecule has 0 spiro atoms.